The number of esters is 1. The Morgan fingerprint density at radius 3 is 2.56 bits per heavy atom. The zero-order chi connectivity index (χ0) is 19.4. The molecular formula is C19H16ClNO3S3. The molecule has 0 aliphatic carbocycles. The Morgan fingerprint density at radius 2 is 1.93 bits per heavy atom. The van der Waals surface area contributed by atoms with Crippen molar-refractivity contribution in [2.45, 2.75) is 21.9 Å². The van der Waals surface area contributed by atoms with Gasteiger partial charge in [-0.05, 0) is 29.8 Å². The number of rotatable bonds is 6. The molecule has 3 rings (SSSR count). The second-order valence-corrected chi connectivity index (χ2v) is 9.16. The van der Waals surface area contributed by atoms with Crippen LogP contribution in [-0.4, -0.2) is 38.7 Å². The first-order valence-electron chi connectivity index (χ1n) is 8.05. The number of amides is 1. The van der Waals surface area contributed by atoms with Gasteiger partial charge in [0, 0.05) is 9.92 Å². The molecule has 0 unspecified atom stereocenters. The van der Waals surface area contributed by atoms with Gasteiger partial charge in [-0.1, -0.05) is 65.9 Å². The Labute approximate surface area is 176 Å². The van der Waals surface area contributed by atoms with Gasteiger partial charge in [0.15, 0.2) is 0 Å². The number of halogens is 1. The van der Waals surface area contributed by atoms with Gasteiger partial charge in [0.1, 0.15) is 14.8 Å². The summed E-state index contributed by atoms with van der Waals surface area (Å²) < 4.78 is 5.42. The van der Waals surface area contributed by atoms with Crippen molar-refractivity contribution in [3.05, 3.63) is 65.2 Å². The summed E-state index contributed by atoms with van der Waals surface area (Å²) in [5.41, 5.74) is 0.981. The molecule has 0 bridgehead atoms. The van der Waals surface area contributed by atoms with Crippen LogP contribution in [0.2, 0.25) is 5.02 Å². The van der Waals surface area contributed by atoms with E-state index >= 15 is 0 Å². The SMILES string of the molecule is COC(=O)[C@@H](Sc1ccc(Cl)cc1)[C@H]1SC(=S)N(Cc2ccccc2)C1=O. The predicted octanol–water partition coefficient (Wildman–Crippen LogP) is 4.40. The lowest BCUT2D eigenvalue weighted by Crippen LogP contribution is -2.38. The van der Waals surface area contributed by atoms with Gasteiger partial charge < -0.3 is 4.74 Å². The molecule has 0 N–H and O–H groups in total. The van der Waals surface area contributed by atoms with Gasteiger partial charge in [-0.15, -0.1) is 11.8 Å². The van der Waals surface area contributed by atoms with Crippen LogP contribution >= 0.6 is 47.3 Å². The van der Waals surface area contributed by atoms with Crippen molar-refractivity contribution in [3.63, 3.8) is 0 Å². The summed E-state index contributed by atoms with van der Waals surface area (Å²) in [6.45, 7) is 0.390. The van der Waals surface area contributed by atoms with E-state index in [0.29, 0.717) is 15.9 Å². The molecule has 1 amide bonds. The van der Waals surface area contributed by atoms with Crippen LogP contribution in [0.4, 0.5) is 0 Å². The largest absolute Gasteiger partial charge is 0.468 e. The van der Waals surface area contributed by atoms with Crippen LogP contribution in [-0.2, 0) is 20.9 Å². The van der Waals surface area contributed by atoms with Crippen LogP contribution in [0.1, 0.15) is 5.56 Å². The molecule has 1 heterocycles. The number of ether oxygens (including phenoxy) is 1. The fraction of sp³-hybridized carbons (Fsp3) is 0.211. The summed E-state index contributed by atoms with van der Waals surface area (Å²) >= 11 is 13.8. The lowest BCUT2D eigenvalue weighted by molar-refractivity contribution is -0.141. The molecular weight excluding hydrogens is 422 g/mol. The normalized spacial score (nSPS) is 17.9. The Kier molecular flexibility index (Phi) is 6.81. The van der Waals surface area contributed by atoms with Crippen LogP contribution < -0.4 is 0 Å². The van der Waals surface area contributed by atoms with Gasteiger partial charge in [-0.2, -0.15) is 0 Å². The van der Waals surface area contributed by atoms with Gasteiger partial charge in [0.05, 0.1) is 13.7 Å². The molecule has 2 atom stereocenters. The number of hydrogen-bond acceptors (Lipinski definition) is 6. The van der Waals surface area contributed by atoms with Crippen molar-refractivity contribution in [1.29, 1.82) is 0 Å². The van der Waals surface area contributed by atoms with Gasteiger partial charge in [0.25, 0.3) is 0 Å². The van der Waals surface area contributed by atoms with E-state index in [4.69, 9.17) is 28.6 Å². The highest BCUT2D eigenvalue weighted by molar-refractivity contribution is 8.24. The van der Waals surface area contributed by atoms with Crippen LogP contribution in [0, 0.1) is 0 Å². The minimum Gasteiger partial charge on any atom is -0.468 e. The highest BCUT2D eigenvalue weighted by atomic mass is 35.5. The number of thioether (sulfide) groups is 2. The molecule has 4 nitrogen and oxygen atoms in total. The topological polar surface area (TPSA) is 46.6 Å². The van der Waals surface area contributed by atoms with Gasteiger partial charge in [0.2, 0.25) is 5.91 Å². The Balaban J connectivity index is 1.80. The molecule has 8 heteroatoms. The fourth-order valence-electron chi connectivity index (χ4n) is 2.58. The number of thiocarbonyl (C=S) groups is 1. The van der Waals surface area contributed by atoms with Crippen LogP contribution in [0.3, 0.4) is 0 Å². The molecule has 1 aliphatic rings. The fourth-order valence-corrected chi connectivity index (χ4v) is 5.48. The second-order valence-electron chi connectivity index (χ2n) is 5.73. The van der Waals surface area contributed by atoms with E-state index in [1.165, 1.54) is 30.6 Å². The Morgan fingerprint density at radius 1 is 1.26 bits per heavy atom. The van der Waals surface area contributed by atoms with E-state index in [0.717, 1.165) is 10.5 Å². The first kappa shape index (κ1) is 20.2. The summed E-state index contributed by atoms with van der Waals surface area (Å²) in [6, 6.07) is 16.7. The van der Waals surface area contributed by atoms with Crippen LogP contribution in [0.5, 0.6) is 0 Å². The molecule has 140 valence electrons. The van der Waals surface area contributed by atoms with Crippen molar-refractivity contribution >= 4 is 63.5 Å². The minimum absolute atomic E-state index is 0.175. The Hall–Kier alpha value is -1.54. The van der Waals surface area contributed by atoms with Crippen molar-refractivity contribution in [2.75, 3.05) is 7.11 Å². The van der Waals surface area contributed by atoms with Crippen molar-refractivity contribution in [2.24, 2.45) is 0 Å². The van der Waals surface area contributed by atoms with Crippen LogP contribution in [0.25, 0.3) is 0 Å². The number of nitrogens with zero attached hydrogens (tertiary/aromatic N) is 1. The van der Waals surface area contributed by atoms with Crippen molar-refractivity contribution < 1.29 is 14.3 Å². The molecule has 0 radical (unpaired) electrons. The average Bonchev–Trinajstić information content (AvgIpc) is 2.96. The number of hydrogen-bond donors (Lipinski definition) is 0. The maximum atomic E-state index is 13.0. The third-order valence-electron chi connectivity index (χ3n) is 3.93. The quantitative estimate of drug-likeness (QED) is 0.379. The summed E-state index contributed by atoms with van der Waals surface area (Å²) in [5, 5.41) is -0.725. The third kappa shape index (κ3) is 4.85. The smallest absolute Gasteiger partial charge is 0.320 e. The van der Waals surface area contributed by atoms with E-state index < -0.39 is 16.5 Å². The number of benzene rings is 2. The van der Waals surface area contributed by atoms with Crippen molar-refractivity contribution in [3.8, 4) is 0 Å². The minimum atomic E-state index is -0.701. The first-order chi connectivity index (χ1) is 13.0. The number of carbonyl (C=O) groups excluding carboxylic acids is 2. The second kappa shape index (κ2) is 9.10. The number of methoxy groups -OCH3 is 1. The average molecular weight is 438 g/mol. The maximum Gasteiger partial charge on any atom is 0.320 e. The highest BCUT2D eigenvalue weighted by Gasteiger charge is 2.45. The molecule has 1 saturated heterocycles. The van der Waals surface area contributed by atoms with E-state index in [1.807, 2.05) is 42.5 Å². The molecule has 2 aromatic carbocycles. The predicted molar refractivity (Wildman–Crippen MR) is 114 cm³/mol. The summed E-state index contributed by atoms with van der Waals surface area (Å²) in [5.74, 6) is -0.629. The summed E-state index contributed by atoms with van der Waals surface area (Å²) in [4.78, 5) is 27.8. The standard InChI is InChI=1S/C19H16ClNO3S3/c1-24-18(23)16(26-14-9-7-13(20)8-10-14)15-17(22)21(19(25)27-15)11-12-5-3-2-4-6-12/h2-10,15-16H,11H2,1H3/t15-,16+/m1/s1. The lowest BCUT2D eigenvalue weighted by atomic mass is 10.2. The van der Waals surface area contributed by atoms with E-state index in [-0.39, 0.29) is 5.91 Å². The van der Waals surface area contributed by atoms with Crippen LogP contribution in [0.15, 0.2) is 59.5 Å². The van der Waals surface area contributed by atoms with Crippen molar-refractivity contribution in [1.82, 2.24) is 4.90 Å². The third-order valence-corrected chi connectivity index (χ3v) is 7.27. The van der Waals surface area contributed by atoms with Gasteiger partial charge >= 0.3 is 5.97 Å². The lowest BCUT2D eigenvalue weighted by Gasteiger charge is -2.20. The molecule has 27 heavy (non-hydrogen) atoms. The monoisotopic (exact) mass is 437 g/mol. The molecule has 2 aromatic rings. The van der Waals surface area contributed by atoms with Gasteiger partial charge in [-0.3, -0.25) is 14.5 Å². The molecule has 0 spiro atoms. The number of carbonyl (C=O) groups is 2. The van der Waals surface area contributed by atoms with E-state index in [2.05, 4.69) is 0 Å². The molecule has 1 aliphatic heterocycles. The zero-order valence-corrected chi connectivity index (χ0v) is 17.5. The maximum absolute atomic E-state index is 13.0. The summed E-state index contributed by atoms with van der Waals surface area (Å²) in [6.07, 6.45) is 0. The summed E-state index contributed by atoms with van der Waals surface area (Å²) in [7, 11) is 1.32. The zero-order valence-electron chi connectivity index (χ0n) is 14.3. The van der Waals surface area contributed by atoms with E-state index in [9.17, 15) is 9.59 Å². The Bertz CT molecular complexity index is 845. The molecule has 0 aromatic heterocycles. The molecule has 1 fully saturated rings. The first-order valence-corrected chi connectivity index (χ1v) is 10.6. The van der Waals surface area contributed by atoms with E-state index in [1.54, 1.807) is 17.0 Å². The van der Waals surface area contributed by atoms with Gasteiger partial charge in [-0.25, -0.2) is 0 Å². The molecule has 0 saturated carbocycles. The highest BCUT2D eigenvalue weighted by Crippen LogP contribution is 2.38.